The Morgan fingerprint density at radius 1 is 1.00 bits per heavy atom. The highest BCUT2D eigenvalue weighted by Crippen LogP contribution is 2.25. The predicted octanol–water partition coefficient (Wildman–Crippen LogP) is 0.240. The van der Waals surface area contributed by atoms with Crippen LogP contribution >= 0.6 is 15.9 Å². The molecule has 170 valence electrons. The molecule has 1 heterocycles. The highest BCUT2D eigenvalue weighted by atomic mass is 79.9. The maximum atomic E-state index is 12.8. The summed E-state index contributed by atoms with van der Waals surface area (Å²) in [5, 5.41) is 38.5. The van der Waals surface area contributed by atoms with Gasteiger partial charge in [0.2, 0.25) is 6.29 Å². The SMILES string of the molecule is Nc1c(CC(=O)O[C@@H]2O[C@H](C(=O)O)C(O)C(O)C2O)cccc1C(=O)c1ccc(Br)cc1. The van der Waals surface area contributed by atoms with Gasteiger partial charge in [0.05, 0.1) is 6.42 Å². The molecule has 1 fully saturated rings. The number of hydrogen-bond donors (Lipinski definition) is 5. The molecule has 1 saturated heterocycles. The molecular formula is C21H20BrNO9. The van der Waals surface area contributed by atoms with Crippen molar-refractivity contribution < 1.29 is 44.3 Å². The fourth-order valence-corrected chi connectivity index (χ4v) is 3.46. The zero-order valence-corrected chi connectivity index (χ0v) is 18.0. The summed E-state index contributed by atoms with van der Waals surface area (Å²) in [6.07, 6.45) is -9.82. The summed E-state index contributed by atoms with van der Waals surface area (Å²) in [5.74, 6) is -2.91. The van der Waals surface area contributed by atoms with Gasteiger partial charge in [0.1, 0.15) is 18.3 Å². The molecule has 0 amide bonds. The molecule has 32 heavy (non-hydrogen) atoms. The topological polar surface area (TPSA) is 177 Å². The van der Waals surface area contributed by atoms with Gasteiger partial charge in [-0.15, -0.1) is 0 Å². The van der Waals surface area contributed by atoms with E-state index in [1.54, 1.807) is 24.3 Å². The number of aliphatic carboxylic acids is 1. The van der Waals surface area contributed by atoms with Gasteiger partial charge in [0, 0.05) is 21.3 Å². The summed E-state index contributed by atoms with van der Waals surface area (Å²) in [4.78, 5) is 36.3. The number of benzene rings is 2. The molecule has 1 aliphatic heterocycles. The number of para-hydroxylation sites is 1. The van der Waals surface area contributed by atoms with Crippen LogP contribution in [0.15, 0.2) is 46.9 Å². The number of ether oxygens (including phenoxy) is 2. The molecule has 5 atom stereocenters. The van der Waals surface area contributed by atoms with Crippen molar-refractivity contribution in [3.8, 4) is 0 Å². The number of carbonyl (C=O) groups excluding carboxylic acids is 2. The first-order valence-corrected chi connectivity index (χ1v) is 10.2. The van der Waals surface area contributed by atoms with Gasteiger partial charge in [-0.05, 0) is 35.9 Å². The summed E-state index contributed by atoms with van der Waals surface area (Å²) < 4.78 is 10.7. The van der Waals surface area contributed by atoms with E-state index in [4.69, 9.17) is 20.3 Å². The lowest BCUT2D eigenvalue weighted by Crippen LogP contribution is -2.60. The van der Waals surface area contributed by atoms with E-state index in [1.165, 1.54) is 18.2 Å². The Morgan fingerprint density at radius 2 is 1.66 bits per heavy atom. The summed E-state index contributed by atoms with van der Waals surface area (Å²) in [6, 6.07) is 11.2. The van der Waals surface area contributed by atoms with Crippen LogP contribution < -0.4 is 5.73 Å². The van der Waals surface area contributed by atoms with Crippen molar-refractivity contribution in [3.05, 3.63) is 63.6 Å². The number of anilines is 1. The van der Waals surface area contributed by atoms with Crippen molar-refractivity contribution in [2.24, 2.45) is 0 Å². The highest BCUT2D eigenvalue weighted by molar-refractivity contribution is 9.10. The Labute approximate surface area is 190 Å². The predicted molar refractivity (Wildman–Crippen MR) is 113 cm³/mol. The molecule has 2 aromatic carbocycles. The van der Waals surface area contributed by atoms with E-state index in [-0.39, 0.29) is 22.6 Å². The van der Waals surface area contributed by atoms with Crippen LogP contribution in [0.3, 0.4) is 0 Å². The highest BCUT2D eigenvalue weighted by Gasteiger charge is 2.48. The molecule has 2 aromatic rings. The zero-order chi connectivity index (χ0) is 23.6. The van der Waals surface area contributed by atoms with Crippen molar-refractivity contribution in [3.63, 3.8) is 0 Å². The van der Waals surface area contributed by atoms with Gasteiger partial charge in [-0.1, -0.05) is 28.1 Å². The van der Waals surface area contributed by atoms with Crippen LogP contribution in [0.25, 0.3) is 0 Å². The van der Waals surface area contributed by atoms with Crippen LogP contribution in [0.5, 0.6) is 0 Å². The van der Waals surface area contributed by atoms with Gasteiger partial charge >= 0.3 is 11.9 Å². The molecule has 0 saturated carbocycles. The molecule has 0 aromatic heterocycles. The van der Waals surface area contributed by atoms with Gasteiger partial charge in [-0.2, -0.15) is 0 Å². The normalized spacial score (nSPS) is 25.2. The number of carboxylic acids is 1. The lowest BCUT2D eigenvalue weighted by molar-refractivity contribution is -0.286. The Hall–Kier alpha value is -2.83. The van der Waals surface area contributed by atoms with Crippen molar-refractivity contribution in [1.82, 2.24) is 0 Å². The Bertz CT molecular complexity index is 1030. The molecule has 0 spiro atoms. The second-order valence-electron chi connectivity index (χ2n) is 7.12. The number of nitrogens with two attached hydrogens (primary N) is 1. The van der Waals surface area contributed by atoms with Crippen molar-refractivity contribution in [2.75, 3.05) is 5.73 Å². The van der Waals surface area contributed by atoms with Gasteiger partial charge in [-0.3, -0.25) is 9.59 Å². The number of aliphatic hydroxyl groups is 3. The molecule has 3 rings (SSSR count). The molecule has 6 N–H and O–H groups in total. The maximum absolute atomic E-state index is 12.8. The molecule has 10 nitrogen and oxygen atoms in total. The molecule has 0 bridgehead atoms. The minimum Gasteiger partial charge on any atom is -0.479 e. The third kappa shape index (κ3) is 4.97. The van der Waals surface area contributed by atoms with E-state index in [0.29, 0.717) is 5.56 Å². The molecule has 3 unspecified atom stereocenters. The number of halogens is 1. The maximum Gasteiger partial charge on any atom is 0.335 e. The largest absolute Gasteiger partial charge is 0.479 e. The Kier molecular flexibility index (Phi) is 7.26. The van der Waals surface area contributed by atoms with Crippen LogP contribution in [0, 0.1) is 0 Å². The fraction of sp³-hybridized carbons (Fsp3) is 0.286. The summed E-state index contributed by atoms with van der Waals surface area (Å²) in [5.41, 5.74) is 6.98. The first-order chi connectivity index (χ1) is 15.1. The number of nitrogen functional groups attached to an aromatic ring is 1. The summed E-state index contributed by atoms with van der Waals surface area (Å²) in [6.45, 7) is 0. The number of esters is 1. The number of aliphatic hydroxyl groups excluding tert-OH is 3. The third-order valence-corrected chi connectivity index (χ3v) is 5.47. The van der Waals surface area contributed by atoms with E-state index in [2.05, 4.69) is 15.9 Å². The average Bonchev–Trinajstić information content (AvgIpc) is 2.75. The quantitative estimate of drug-likeness (QED) is 0.206. The molecule has 0 aliphatic carbocycles. The molecular weight excluding hydrogens is 490 g/mol. The standard InChI is InChI=1S/C21H20BrNO9/c22-11-6-4-9(5-7-11)15(25)12-3-1-2-10(14(12)23)8-13(24)31-21-18(28)16(26)17(27)19(32-21)20(29)30/h1-7,16-19,21,26-28H,8,23H2,(H,29,30)/t16?,17?,18?,19-,21+/m0/s1. The van der Waals surface area contributed by atoms with Crippen LogP contribution in [0.1, 0.15) is 21.5 Å². The third-order valence-electron chi connectivity index (χ3n) is 4.94. The van der Waals surface area contributed by atoms with Gasteiger partial charge < -0.3 is 35.6 Å². The number of carbonyl (C=O) groups is 3. The summed E-state index contributed by atoms with van der Waals surface area (Å²) >= 11 is 3.29. The van der Waals surface area contributed by atoms with Gasteiger partial charge in [0.15, 0.2) is 11.9 Å². The molecule has 1 aliphatic rings. The molecule has 11 heteroatoms. The van der Waals surface area contributed by atoms with Crippen LogP contribution in [0.2, 0.25) is 0 Å². The first kappa shape index (κ1) is 23.8. The van der Waals surface area contributed by atoms with Gasteiger partial charge in [-0.25, -0.2) is 4.79 Å². The van der Waals surface area contributed by atoms with E-state index < -0.39 is 49.1 Å². The van der Waals surface area contributed by atoms with E-state index in [0.717, 1.165) is 4.47 Å². The van der Waals surface area contributed by atoms with E-state index >= 15 is 0 Å². The number of rotatable bonds is 6. The lowest BCUT2D eigenvalue weighted by Gasteiger charge is -2.37. The molecule has 0 radical (unpaired) electrons. The van der Waals surface area contributed by atoms with E-state index in [1.807, 2.05) is 0 Å². The van der Waals surface area contributed by atoms with Crippen LogP contribution in [-0.4, -0.2) is 68.9 Å². The second-order valence-corrected chi connectivity index (χ2v) is 8.03. The van der Waals surface area contributed by atoms with Gasteiger partial charge in [0.25, 0.3) is 0 Å². The Balaban J connectivity index is 1.74. The zero-order valence-electron chi connectivity index (χ0n) is 16.4. The number of ketones is 1. The minimum absolute atomic E-state index is 0.0568. The summed E-state index contributed by atoms with van der Waals surface area (Å²) in [7, 11) is 0. The number of hydrogen-bond acceptors (Lipinski definition) is 9. The average molecular weight is 510 g/mol. The minimum atomic E-state index is -1.91. The smallest absolute Gasteiger partial charge is 0.335 e. The number of carboxylic acid groups (broad SMARTS) is 1. The van der Waals surface area contributed by atoms with Crippen LogP contribution in [-0.2, 0) is 25.5 Å². The Morgan fingerprint density at radius 3 is 2.28 bits per heavy atom. The van der Waals surface area contributed by atoms with E-state index in [9.17, 15) is 29.7 Å². The lowest BCUT2D eigenvalue weighted by atomic mass is 9.97. The monoisotopic (exact) mass is 509 g/mol. The second kappa shape index (κ2) is 9.76. The van der Waals surface area contributed by atoms with Crippen molar-refractivity contribution >= 4 is 39.3 Å². The first-order valence-electron chi connectivity index (χ1n) is 9.39. The van der Waals surface area contributed by atoms with Crippen molar-refractivity contribution in [1.29, 1.82) is 0 Å². The fourth-order valence-electron chi connectivity index (χ4n) is 3.20. The van der Waals surface area contributed by atoms with Crippen molar-refractivity contribution in [2.45, 2.75) is 37.1 Å². The van der Waals surface area contributed by atoms with Crippen LogP contribution in [0.4, 0.5) is 5.69 Å².